The molecule has 0 aliphatic carbocycles. The highest BCUT2D eigenvalue weighted by Crippen LogP contribution is 2.24. The zero-order chi connectivity index (χ0) is 16.9. The van der Waals surface area contributed by atoms with Crippen molar-refractivity contribution in [2.75, 3.05) is 43.7 Å². The number of nitrogens with zero attached hydrogens (tertiary/aromatic N) is 6. The minimum atomic E-state index is 0.102. The minimum absolute atomic E-state index is 0.102. The van der Waals surface area contributed by atoms with Crippen LogP contribution in [0.1, 0.15) is 17.7 Å². The lowest BCUT2D eigenvalue weighted by molar-refractivity contribution is 0.229. The lowest BCUT2D eigenvalue weighted by Gasteiger charge is -2.29. The van der Waals surface area contributed by atoms with Gasteiger partial charge in [-0.25, -0.2) is 0 Å². The van der Waals surface area contributed by atoms with E-state index in [1.807, 2.05) is 19.0 Å². The summed E-state index contributed by atoms with van der Waals surface area (Å²) < 4.78 is 5.51. The third-order valence-corrected chi connectivity index (χ3v) is 3.86. The third-order valence-electron chi connectivity index (χ3n) is 3.86. The first-order chi connectivity index (χ1) is 11.7. The monoisotopic (exact) mass is 330 g/mol. The maximum absolute atomic E-state index is 8.82. The average Bonchev–Trinajstić information content (AvgIpc) is 2.61. The van der Waals surface area contributed by atoms with Gasteiger partial charge in [0, 0.05) is 46.6 Å². The van der Waals surface area contributed by atoms with Crippen molar-refractivity contribution in [1.82, 2.24) is 20.2 Å². The molecule has 0 unspecified atom stereocenters. The molecule has 8 nitrogen and oxygen atoms in total. The maximum Gasteiger partial charge on any atom is 0.234 e. The van der Waals surface area contributed by atoms with Crippen LogP contribution in [0.15, 0.2) is 18.5 Å². The van der Waals surface area contributed by atoms with Crippen LogP contribution in [0, 0.1) is 0 Å². The van der Waals surface area contributed by atoms with E-state index in [1.165, 1.54) is 0 Å². The van der Waals surface area contributed by atoms with Crippen LogP contribution in [0.4, 0.5) is 11.6 Å². The van der Waals surface area contributed by atoms with Gasteiger partial charge in [0.05, 0.1) is 24.7 Å². The Morgan fingerprint density at radius 1 is 1.29 bits per heavy atom. The molecule has 0 saturated carbocycles. The first-order valence-electron chi connectivity index (χ1n) is 8.01. The Morgan fingerprint density at radius 2 is 2.17 bits per heavy atom. The molecule has 8 heteroatoms. The second-order valence-corrected chi connectivity index (χ2v) is 5.88. The minimum Gasteiger partial charge on any atom is -0.476 e. The van der Waals surface area contributed by atoms with Gasteiger partial charge in [0.2, 0.25) is 5.88 Å². The summed E-state index contributed by atoms with van der Waals surface area (Å²) in [6, 6.07) is 2.07. The van der Waals surface area contributed by atoms with Gasteiger partial charge < -0.3 is 19.6 Å². The normalized spacial score (nSPS) is 13.5. The molecule has 24 heavy (non-hydrogen) atoms. The molecule has 0 fully saturated rings. The molecular weight excluding hydrogens is 308 g/mol. The molecule has 1 aliphatic heterocycles. The quantitative estimate of drug-likeness (QED) is 0.773. The van der Waals surface area contributed by atoms with E-state index < -0.39 is 0 Å². The molecule has 0 saturated heterocycles. The standard InChI is InChI=1S/C16H22N6O2/c1-21(2)14-8-12-11-22(5-4-13(12)19-20-14)15-9-17-10-16(18-15)24-7-3-6-23/h8-10,23H,3-7,11H2,1-2H3. The first kappa shape index (κ1) is 16.4. The molecule has 0 amide bonds. The van der Waals surface area contributed by atoms with Gasteiger partial charge in [0.15, 0.2) is 11.6 Å². The van der Waals surface area contributed by atoms with E-state index in [4.69, 9.17) is 9.84 Å². The smallest absolute Gasteiger partial charge is 0.234 e. The van der Waals surface area contributed by atoms with E-state index >= 15 is 0 Å². The number of aliphatic hydroxyl groups excluding tert-OH is 1. The number of anilines is 2. The van der Waals surface area contributed by atoms with Crippen molar-refractivity contribution in [3.8, 4) is 5.88 Å². The zero-order valence-corrected chi connectivity index (χ0v) is 14.0. The summed E-state index contributed by atoms with van der Waals surface area (Å²) in [6.07, 6.45) is 4.74. The average molecular weight is 330 g/mol. The number of hydrogen-bond acceptors (Lipinski definition) is 8. The Bertz CT molecular complexity index is 694. The fraction of sp³-hybridized carbons (Fsp3) is 0.500. The number of rotatable bonds is 6. The highest BCUT2D eigenvalue weighted by Gasteiger charge is 2.20. The van der Waals surface area contributed by atoms with Crippen molar-refractivity contribution in [2.45, 2.75) is 19.4 Å². The number of hydrogen-bond donors (Lipinski definition) is 1. The maximum atomic E-state index is 8.82. The predicted molar refractivity (Wildman–Crippen MR) is 90.3 cm³/mol. The summed E-state index contributed by atoms with van der Waals surface area (Å²) in [6.45, 7) is 2.07. The number of fused-ring (bicyclic) bond motifs is 1. The summed E-state index contributed by atoms with van der Waals surface area (Å²) in [4.78, 5) is 12.8. The largest absolute Gasteiger partial charge is 0.476 e. The van der Waals surface area contributed by atoms with Gasteiger partial charge >= 0.3 is 0 Å². The van der Waals surface area contributed by atoms with Crippen molar-refractivity contribution < 1.29 is 9.84 Å². The molecule has 0 radical (unpaired) electrons. The second-order valence-electron chi connectivity index (χ2n) is 5.88. The summed E-state index contributed by atoms with van der Waals surface area (Å²) in [5.41, 5.74) is 2.20. The van der Waals surface area contributed by atoms with Crippen molar-refractivity contribution >= 4 is 11.6 Å². The van der Waals surface area contributed by atoms with E-state index in [9.17, 15) is 0 Å². The third kappa shape index (κ3) is 3.70. The van der Waals surface area contributed by atoms with E-state index in [1.54, 1.807) is 12.4 Å². The molecule has 0 atom stereocenters. The van der Waals surface area contributed by atoms with Crippen LogP contribution in [0.25, 0.3) is 0 Å². The van der Waals surface area contributed by atoms with Gasteiger partial charge in [-0.15, -0.1) is 5.10 Å². The second kappa shape index (κ2) is 7.39. The fourth-order valence-electron chi connectivity index (χ4n) is 2.53. The Balaban J connectivity index is 1.75. The molecule has 3 heterocycles. The lowest BCUT2D eigenvalue weighted by Crippen LogP contribution is -2.32. The summed E-state index contributed by atoms with van der Waals surface area (Å²) in [7, 11) is 3.91. The fourth-order valence-corrected chi connectivity index (χ4v) is 2.53. The van der Waals surface area contributed by atoms with Gasteiger partial charge in [-0.1, -0.05) is 0 Å². The first-order valence-corrected chi connectivity index (χ1v) is 8.01. The molecule has 0 spiro atoms. The topological polar surface area (TPSA) is 87.5 Å². The zero-order valence-electron chi connectivity index (χ0n) is 14.0. The molecule has 2 aromatic rings. The molecule has 1 N–H and O–H groups in total. The van der Waals surface area contributed by atoms with Crippen LogP contribution >= 0.6 is 0 Å². The highest BCUT2D eigenvalue weighted by molar-refractivity contribution is 5.46. The Labute approximate surface area is 141 Å². The lowest BCUT2D eigenvalue weighted by atomic mass is 10.1. The van der Waals surface area contributed by atoms with Crippen LogP contribution in [-0.4, -0.2) is 59.1 Å². The van der Waals surface area contributed by atoms with Crippen molar-refractivity contribution in [3.05, 3.63) is 29.7 Å². The van der Waals surface area contributed by atoms with Crippen LogP contribution in [0.3, 0.4) is 0 Å². The van der Waals surface area contributed by atoms with Crippen LogP contribution < -0.4 is 14.5 Å². The van der Waals surface area contributed by atoms with Crippen LogP contribution in [-0.2, 0) is 13.0 Å². The van der Waals surface area contributed by atoms with Gasteiger partial charge in [-0.2, -0.15) is 10.1 Å². The van der Waals surface area contributed by atoms with E-state index in [0.717, 1.165) is 42.4 Å². The summed E-state index contributed by atoms with van der Waals surface area (Å²) >= 11 is 0. The van der Waals surface area contributed by atoms with E-state index in [-0.39, 0.29) is 6.61 Å². The van der Waals surface area contributed by atoms with Gasteiger partial charge in [-0.3, -0.25) is 4.98 Å². The Morgan fingerprint density at radius 3 is 2.96 bits per heavy atom. The SMILES string of the molecule is CN(C)c1cc2c(nn1)CCN(c1cncc(OCCCO)n1)C2. The number of ether oxygens (including phenoxy) is 1. The van der Waals surface area contributed by atoms with Crippen molar-refractivity contribution in [2.24, 2.45) is 0 Å². The molecule has 0 bridgehead atoms. The van der Waals surface area contributed by atoms with Crippen molar-refractivity contribution in [3.63, 3.8) is 0 Å². The van der Waals surface area contributed by atoms with Gasteiger partial charge in [-0.05, 0) is 11.6 Å². The molecule has 2 aromatic heterocycles. The summed E-state index contributed by atoms with van der Waals surface area (Å²) in [5, 5.41) is 17.4. The van der Waals surface area contributed by atoms with Gasteiger partial charge in [0.25, 0.3) is 0 Å². The Kier molecular flexibility index (Phi) is 5.05. The van der Waals surface area contributed by atoms with Crippen LogP contribution in [0.2, 0.25) is 0 Å². The van der Waals surface area contributed by atoms with Gasteiger partial charge in [0.1, 0.15) is 0 Å². The van der Waals surface area contributed by atoms with E-state index in [0.29, 0.717) is 18.9 Å². The molecule has 0 aromatic carbocycles. The number of aromatic nitrogens is 4. The predicted octanol–water partition coefficient (Wildman–Crippen LogP) is 0.656. The molecule has 128 valence electrons. The highest BCUT2D eigenvalue weighted by atomic mass is 16.5. The summed E-state index contributed by atoms with van der Waals surface area (Å²) in [5.74, 6) is 2.11. The van der Waals surface area contributed by atoms with Crippen LogP contribution in [0.5, 0.6) is 5.88 Å². The number of aliphatic hydroxyl groups is 1. The molecule has 1 aliphatic rings. The molecule has 3 rings (SSSR count). The Hall–Kier alpha value is -2.48. The van der Waals surface area contributed by atoms with Crippen molar-refractivity contribution in [1.29, 1.82) is 0 Å². The molecular formula is C16H22N6O2. The van der Waals surface area contributed by atoms with E-state index in [2.05, 4.69) is 31.1 Å².